The third kappa shape index (κ3) is 3.05. The van der Waals surface area contributed by atoms with Crippen LogP contribution in [0.3, 0.4) is 0 Å². The maximum Gasteiger partial charge on any atom is 0.244 e. The van der Waals surface area contributed by atoms with E-state index in [0.717, 1.165) is 25.7 Å². The molecule has 1 saturated heterocycles. The van der Waals surface area contributed by atoms with E-state index in [1.165, 1.54) is 20.3 Å². The van der Waals surface area contributed by atoms with Crippen molar-refractivity contribution < 1.29 is 22.6 Å². The molecule has 0 amide bonds. The van der Waals surface area contributed by atoms with Crippen molar-refractivity contribution in [1.82, 2.24) is 4.72 Å². The standard InChI is InChI=1S/C16H23NO5S/c1-20-12-3-4-13(21-2)14(11-12)23(18,19)17-15-5-6-16(15)7-9-22-10-8-16/h3-4,11,15,17H,5-10H2,1-2H3. The van der Waals surface area contributed by atoms with Gasteiger partial charge < -0.3 is 14.2 Å². The zero-order valence-corrected chi connectivity index (χ0v) is 14.3. The monoisotopic (exact) mass is 341 g/mol. The second-order valence-corrected chi connectivity index (χ2v) is 7.89. The normalized spacial score (nSPS) is 23.3. The number of hydrogen-bond acceptors (Lipinski definition) is 5. The van der Waals surface area contributed by atoms with Crippen molar-refractivity contribution >= 4 is 10.0 Å². The predicted molar refractivity (Wildman–Crippen MR) is 85.4 cm³/mol. The lowest BCUT2D eigenvalue weighted by molar-refractivity contribution is -0.0483. The van der Waals surface area contributed by atoms with Gasteiger partial charge in [-0.2, -0.15) is 0 Å². The minimum Gasteiger partial charge on any atom is -0.497 e. The maximum atomic E-state index is 12.8. The summed E-state index contributed by atoms with van der Waals surface area (Å²) in [5, 5.41) is 0. The summed E-state index contributed by atoms with van der Waals surface area (Å²) in [4.78, 5) is 0.119. The molecule has 1 aliphatic carbocycles. The zero-order valence-electron chi connectivity index (χ0n) is 13.5. The highest BCUT2D eigenvalue weighted by Crippen LogP contribution is 2.49. The van der Waals surface area contributed by atoms with E-state index < -0.39 is 10.0 Å². The van der Waals surface area contributed by atoms with Crippen molar-refractivity contribution in [3.8, 4) is 11.5 Å². The molecule has 1 aromatic carbocycles. The van der Waals surface area contributed by atoms with Crippen molar-refractivity contribution in [1.29, 1.82) is 0 Å². The van der Waals surface area contributed by atoms with Crippen molar-refractivity contribution in [3.63, 3.8) is 0 Å². The van der Waals surface area contributed by atoms with Crippen LogP contribution in [0.4, 0.5) is 0 Å². The first-order valence-electron chi connectivity index (χ1n) is 7.83. The van der Waals surface area contributed by atoms with Crippen LogP contribution >= 0.6 is 0 Å². The van der Waals surface area contributed by atoms with Gasteiger partial charge in [-0.05, 0) is 43.2 Å². The Bertz CT molecular complexity index is 667. The Hall–Kier alpha value is -1.31. The van der Waals surface area contributed by atoms with Crippen LogP contribution in [0.5, 0.6) is 11.5 Å². The lowest BCUT2D eigenvalue weighted by Gasteiger charge is -2.51. The minimum absolute atomic E-state index is 0.0349. The molecule has 1 aliphatic heterocycles. The molecular formula is C16H23NO5S. The van der Waals surface area contributed by atoms with E-state index in [4.69, 9.17) is 14.2 Å². The first-order chi connectivity index (χ1) is 11.0. The third-order valence-corrected chi connectivity index (χ3v) is 6.61. The Morgan fingerprint density at radius 2 is 1.91 bits per heavy atom. The molecule has 23 heavy (non-hydrogen) atoms. The lowest BCUT2D eigenvalue weighted by Crippen LogP contribution is -2.57. The van der Waals surface area contributed by atoms with E-state index in [0.29, 0.717) is 24.7 Å². The molecule has 1 unspecified atom stereocenters. The van der Waals surface area contributed by atoms with Crippen LogP contribution in [0.15, 0.2) is 23.1 Å². The van der Waals surface area contributed by atoms with Crippen LogP contribution < -0.4 is 14.2 Å². The number of sulfonamides is 1. The highest BCUT2D eigenvalue weighted by atomic mass is 32.2. The van der Waals surface area contributed by atoms with E-state index in [-0.39, 0.29) is 16.4 Å². The van der Waals surface area contributed by atoms with Gasteiger partial charge in [-0.1, -0.05) is 0 Å². The average Bonchev–Trinajstić information content (AvgIpc) is 2.59. The van der Waals surface area contributed by atoms with Gasteiger partial charge in [-0.3, -0.25) is 0 Å². The first-order valence-corrected chi connectivity index (χ1v) is 9.31. The van der Waals surface area contributed by atoms with Crippen LogP contribution in [0, 0.1) is 5.41 Å². The number of benzene rings is 1. The van der Waals surface area contributed by atoms with Crippen molar-refractivity contribution in [2.24, 2.45) is 5.41 Å². The van der Waals surface area contributed by atoms with Gasteiger partial charge in [0, 0.05) is 25.3 Å². The predicted octanol–water partition coefficient (Wildman–Crippen LogP) is 1.94. The molecule has 2 aliphatic rings. The Kier molecular flexibility index (Phi) is 4.53. The lowest BCUT2D eigenvalue weighted by atomic mass is 9.60. The fourth-order valence-corrected chi connectivity index (χ4v) is 5.06. The van der Waals surface area contributed by atoms with Gasteiger partial charge in [0.15, 0.2) is 0 Å². The first kappa shape index (κ1) is 16.5. The molecule has 0 aromatic heterocycles. The molecule has 0 radical (unpaired) electrons. The number of ether oxygens (including phenoxy) is 3. The second-order valence-electron chi connectivity index (χ2n) is 6.20. The highest BCUT2D eigenvalue weighted by Gasteiger charge is 2.49. The summed E-state index contributed by atoms with van der Waals surface area (Å²) in [6.07, 6.45) is 3.75. The van der Waals surface area contributed by atoms with Gasteiger partial charge in [0.2, 0.25) is 10.0 Å². The smallest absolute Gasteiger partial charge is 0.244 e. The molecular weight excluding hydrogens is 318 g/mol. The topological polar surface area (TPSA) is 73.9 Å². The van der Waals surface area contributed by atoms with Crippen LogP contribution in [0.2, 0.25) is 0 Å². The Morgan fingerprint density at radius 3 is 2.48 bits per heavy atom. The molecule has 1 heterocycles. The fourth-order valence-electron chi connectivity index (χ4n) is 3.50. The summed E-state index contributed by atoms with van der Waals surface area (Å²) in [6, 6.07) is 4.75. The van der Waals surface area contributed by atoms with E-state index in [9.17, 15) is 8.42 Å². The molecule has 6 nitrogen and oxygen atoms in total. The van der Waals surface area contributed by atoms with Gasteiger partial charge >= 0.3 is 0 Å². The van der Waals surface area contributed by atoms with Gasteiger partial charge in [0.1, 0.15) is 16.4 Å². The van der Waals surface area contributed by atoms with Crippen LogP contribution in [-0.4, -0.2) is 41.9 Å². The molecule has 0 bridgehead atoms. The maximum absolute atomic E-state index is 12.8. The van der Waals surface area contributed by atoms with Gasteiger partial charge in [0.05, 0.1) is 14.2 Å². The molecule has 1 spiro atoms. The number of methoxy groups -OCH3 is 2. The molecule has 1 atom stereocenters. The van der Waals surface area contributed by atoms with Crippen molar-refractivity contribution in [2.75, 3.05) is 27.4 Å². The minimum atomic E-state index is -3.67. The molecule has 7 heteroatoms. The third-order valence-electron chi connectivity index (χ3n) is 5.12. The summed E-state index contributed by atoms with van der Waals surface area (Å²) >= 11 is 0. The summed E-state index contributed by atoms with van der Waals surface area (Å²) in [7, 11) is -0.696. The van der Waals surface area contributed by atoms with Crippen LogP contribution in [-0.2, 0) is 14.8 Å². The van der Waals surface area contributed by atoms with E-state index in [2.05, 4.69) is 4.72 Å². The Labute approximate surface area is 137 Å². The van der Waals surface area contributed by atoms with Crippen LogP contribution in [0.1, 0.15) is 25.7 Å². The number of nitrogens with one attached hydrogen (secondary N) is 1. The molecule has 1 aromatic rings. The number of rotatable bonds is 5. The molecule has 3 rings (SSSR count). The van der Waals surface area contributed by atoms with Crippen LogP contribution in [0.25, 0.3) is 0 Å². The fraction of sp³-hybridized carbons (Fsp3) is 0.625. The largest absolute Gasteiger partial charge is 0.497 e. The Balaban J connectivity index is 1.84. The second kappa shape index (κ2) is 6.30. The quantitative estimate of drug-likeness (QED) is 0.886. The molecule has 1 N–H and O–H groups in total. The van der Waals surface area contributed by atoms with E-state index in [1.807, 2.05) is 0 Å². The van der Waals surface area contributed by atoms with E-state index >= 15 is 0 Å². The molecule has 128 valence electrons. The van der Waals surface area contributed by atoms with Gasteiger partial charge in [-0.25, -0.2) is 13.1 Å². The Morgan fingerprint density at radius 1 is 1.17 bits per heavy atom. The summed E-state index contributed by atoms with van der Waals surface area (Å²) < 4.78 is 44.3. The zero-order chi connectivity index (χ0) is 16.5. The average molecular weight is 341 g/mol. The van der Waals surface area contributed by atoms with Crippen molar-refractivity contribution in [2.45, 2.75) is 36.6 Å². The van der Waals surface area contributed by atoms with Crippen molar-refractivity contribution in [3.05, 3.63) is 18.2 Å². The van der Waals surface area contributed by atoms with Gasteiger partial charge in [0.25, 0.3) is 0 Å². The molecule has 2 fully saturated rings. The van der Waals surface area contributed by atoms with E-state index in [1.54, 1.807) is 12.1 Å². The summed E-state index contributed by atoms with van der Waals surface area (Å²) in [5.74, 6) is 0.805. The SMILES string of the molecule is COc1ccc(OC)c(S(=O)(=O)NC2CCC23CCOCC3)c1. The van der Waals surface area contributed by atoms with Gasteiger partial charge in [-0.15, -0.1) is 0 Å². The summed E-state index contributed by atoms with van der Waals surface area (Å²) in [5.41, 5.74) is 0.0530. The summed E-state index contributed by atoms with van der Waals surface area (Å²) in [6.45, 7) is 1.42. The number of hydrogen-bond donors (Lipinski definition) is 1. The highest BCUT2D eigenvalue weighted by molar-refractivity contribution is 7.89. The molecule has 1 saturated carbocycles.